The van der Waals surface area contributed by atoms with Gasteiger partial charge >= 0.3 is 5.97 Å². The van der Waals surface area contributed by atoms with Crippen LogP contribution in [0.3, 0.4) is 0 Å². The summed E-state index contributed by atoms with van der Waals surface area (Å²) in [5.74, 6) is -2.01. The van der Waals surface area contributed by atoms with Gasteiger partial charge in [-0.3, -0.25) is 14.4 Å². The van der Waals surface area contributed by atoms with Gasteiger partial charge in [-0.25, -0.2) is 0 Å². The van der Waals surface area contributed by atoms with Gasteiger partial charge in [0.2, 0.25) is 0 Å². The van der Waals surface area contributed by atoms with Crippen LogP contribution in [0.2, 0.25) is 0 Å². The number of nitrogens with two attached hydrogens (primary N) is 1. The van der Waals surface area contributed by atoms with Crippen LogP contribution in [0, 0.1) is 0 Å². The molecule has 0 radical (unpaired) electrons. The second-order valence-corrected chi connectivity index (χ2v) is 4.40. The second kappa shape index (κ2) is 5.81. The molecule has 0 aromatic heterocycles. The van der Waals surface area contributed by atoms with E-state index < -0.39 is 30.1 Å². The monoisotopic (exact) mass is 278 g/mol. The third-order valence-corrected chi connectivity index (χ3v) is 2.88. The number of carboxylic acids is 1. The van der Waals surface area contributed by atoms with Crippen molar-refractivity contribution >= 4 is 17.7 Å². The van der Waals surface area contributed by atoms with Crippen molar-refractivity contribution in [1.29, 1.82) is 0 Å². The molecule has 1 amide bonds. The normalized spacial score (nSPS) is 21.9. The Morgan fingerprint density at radius 3 is 2.50 bits per heavy atom. The number of hydrogen-bond acceptors (Lipinski definition) is 5. The van der Waals surface area contributed by atoms with E-state index in [1.165, 1.54) is 0 Å². The number of hydrogen-bond donors (Lipinski definition) is 3. The molecule has 1 aliphatic rings. The van der Waals surface area contributed by atoms with Crippen LogP contribution < -0.4 is 11.1 Å². The summed E-state index contributed by atoms with van der Waals surface area (Å²) in [4.78, 5) is 34.1. The van der Waals surface area contributed by atoms with Crippen molar-refractivity contribution in [2.45, 2.75) is 18.2 Å². The Hall–Kier alpha value is -2.25. The smallest absolute Gasteiger partial charge is 0.322 e. The lowest BCUT2D eigenvalue weighted by molar-refractivity contribution is -0.138. The first-order chi connectivity index (χ1) is 9.50. The van der Waals surface area contributed by atoms with Crippen molar-refractivity contribution < 1.29 is 24.2 Å². The molecule has 2 unspecified atom stereocenters. The molecule has 0 spiro atoms. The Kier molecular flexibility index (Phi) is 4.11. The molecule has 20 heavy (non-hydrogen) atoms. The number of carboxylic acid groups (broad SMARTS) is 1. The van der Waals surface area contributed by atoms with E-state index in [1.54, 1.807) is 30.3 Å². The van der Waals surface area contributed by atoms with Gasteiger partial charge in [-0.15, -0.1) is 0 Å². The highest BCUT2D eigenvalue weighted by molar-refractivity contribution is 6.05. The number of carbonyl (C=O) groups excluding carboxylic acids is 2. The van der Waals surface area contributed by atoms with Crippen LogP contribution in [0.15, 0.2) is 30.3 Å². The van der Waals surface area contributed by atoms with E-state index in [9.17, 15) is 14.4 Å². The summed E-state index contributed by atoms with van der Waals surface area (Å²) in [5.41, 5.74) is 5.72. The summed E-state index contributed by atoms with van der Waals surface area (Å²) in [6.07, 6.45) is -1.68. The molecule has 2 rings (SSSR count). The number of ketones is 1. The van der Waals surface area contributed by atoms with Crippen LogP contribution in [0.25, 0.3) is 0 Å². The summed E-state index contributed by atoms with van der Waals surface area (Å²) in [6, 6.07) is 7.31. The zero-order valence-corrected chi connectivity index (χ0v) is 10.5. The van der Waals surface area contributed by atoms with Crippen LogP contribution in [0.5, 0.6) is 0 Å². The summed E-state index contributed by atoms with van der Waals surface area (Å²) in [5, 5.41) is 10.9. The van der Waals surface area contributed by atoms with E-state index >= 15 is 0 Å². The summed E-state index contributed by atoms with van der Waals surface area (Å²) in [7, 11) is 0. The topological polar surface area (TPSA) is 122 Å². The van der Waals surface area contributed by atoms with Gasteiger partial charge in [0, 0.05) is 12.1 Å². The maximum atomic E-state index is 11.9. The van der Waals surface area contributed by atoms with E-state index in [-0.39, 0.29) is 12.3 Å². The van der Waals surface area contributed by atoms with Gasteiger partial charge in [0.1, 0.15) is 6.04 Å². The molecule has 1 saturated heterocycles. The van der Waals surface area contributed by atoms with Gasteiger partial charge < -0.3 is 20.9 Å². The molecule has 106 valence electrons. The molecule has 4 N–H and O–H groups in total. The molecular formula is C13H14N2O5. The van der Waals surface area contributed by atoms with E-state index in [1.807, 2.05) is 0 Å². The van der Waals surface area contributed by atoms with Crippen molar-refractivity contribution in [2.75, 3.05) is 6.54 Å². The summed E-state index contributed by atoms with van der Waals surface area (Å²) >= 11 is 0. The number of amides is 1. The molecule has 1 aromatic rings. The first kappa shape index (κ1) is 14.2. The minimum atomic E-state index is -1.21. The zero-order chi connectivity index (χ0) is 14.7. The second-order valence-electron chi connectivity index (χ2n) is 4.40. The SMILES string of the molecule is N[C@@H](CNC(=O)C1OC1C(=O)c1ccccc1)C(=O)O. The fourth-order valence-electron chi connectivity index (χ4n) is 1.68. The molecule has 0 aliphatic carbocycles. The fourth-order valence-corrected chi connectivity index (χ4v) is 1.68. The first-order valence-corrected chi connectivity index (χ1v) is 6.01. The zero-order valence-electron chi connectivity index (χ0n) is 10.5. The number of aliphatic carboxylic acids is 1. The van der Waals surface area contributed by atoms with E-state index in [0.29, 0.717) is 5.56 Å². The highest BCUT2D eigenvalue weighted by Gasteiger charge is 2.50. The number of epoxide rings is 1. The van der Waals surface area contributed by atoms with E-state index in [2.05, 4.69) is 5.32 Å². The predicted octanol–water partition coefficient (Wildman–Crippen LogP) is -0.835. The van der Waals surface area contributed by atoms with Gasteiger partial charge in [-0.05, 0) is 0 Å². The third kappa shape index (κ3) is 3.19. The van der Waals surface area contributed by atoms with Crippen molar-refractivity contribution in [3.05, 3.63) is 35.9 Å². The molecule has 1 aliphatic heterocycles. The Morgan fingerprint density at radius 2 is 1.90 bits per heavy atom. The lowest BCUT2D eigenvalue weighted by atomic mass is 10.1. The minimum absolute atomic E-state index is 0.208. The molecular weight excluding hydrogens is 264 g/mol. The van der Waals surface area contributed by atoms with Crippen molar-refractivity contribution in [2.24, 2.45) is 5.73 Å². The number of nitrogens with one attached hydrogen (secondary N) is 1. The Balaban J connectivity index is 1.84. The molecule has 7 heteroatoms. The van der Waals surface area contributed by atoms with Crippen molar-refractivity contribution in [1.82, 2.24) is 5.32 Å². The van der Waals surface area contributed by atoms with Gasteiger partial charge in [0.15, 0.2) is 18.0 Å². The van der Waals surface area contributed by atoms with Gasteiger partial charge in [-0.1, -0.05) is 30.3 Å². The first-order valence-electron chi connectivity index (χ1n) is 6.01. The van der Waals surface area contributed by atoms with Crippen LogP contribution >= 0.6 is 0 Å². The van der Waals surface area contributed by atoms with Gasteiger partial charge in [0.25, 0.3) is 5.91 Å². The maximum absolute atomic E-state index is 11.9. The van der Waals surface area contributed by atoms with E-state index in [4.69, 9.17) is 15.6 Å². The number of ether oxygens (including phenoxy) is 1. The number of Topliss-reactive ketones (excluding diaryl/α,β-unsaturated/α-hetero) is 1. The molecule has 0 bridgehead atoms. The summed E-state index contributed by atoms with van der Waals surface area (Å²) < 4.78 is 5.04. The lowest BCUT2D eigenvalue weighted by Crippen LogP contribution is -2.44. The third-order valence-electron chi connectivity index (χ3n) is 2.88. The van der Waals surface area contributed by atoms with Crippen molar-refractivity contribution in [3.8, 4) is 0 Å². The quantitative estimate of drug-likeness (QED) is 0.461. The molecule has 1 fully saturated rings. The molecule has 3 atom stereocenters. The number of benzene rings is 1. The van der Waals surface area contributed by atoms with Crippen LogP contribution in [-0.2, 0) is 14.3 Å². The number of rotatable bonds is 6. The molecule has 1 heterocycles. The Labute approximate surface area is 114 Å². The lowest BCUT2D eigenvalue weighted by Gasteiger charge is -2.06. The molecule has 1 aromatic carbocycles. The van der Waals surface area contributed by atoms with E-state index in [0.717, 1.165) is 0 Å². The maximum Gasteiger partial charge on any atom is 0.322 e. The van der Waals surface area contributed by atoms with Crippen LogP contribution in [0.1, 0.15) is 10.4 Å². The largest absolute Gasteiger partial charge is 0.480 e. The highest BCUT2D eigenvalue weighted by atomic mass is 16.6. The van der Waals surface area contributed by atoms with Gasteiger partial charge in [0.05, 0.1) is 0 Å². The van der Waals surface area contributed by atoms with Crippen LogP contribution in [-0.4, -0.2) is 47.6 Å². The average Bonchev–Trinajstić information content (AvgIpc) is 3.24. The minimum Gasteiger partial charge on any atom is -0.480 e. The van der Waals surface area contributed by atoms with Gasteiger partial charge in [-0.2, -0.15) is 0 Å². The molecule has 7 nitrogen and oxygen atoms in total. The Bertz CT molecular complexity index is 531. The standard InChI is InChI=1S/C13H14N2O5/c14-8(13(18)19)6-15-12(17)11-10(20-11)9(16)7-4-2-1-3-5-7/h1-5,8,10-11H,6,14H2,(H,15,17)(H,18,19)/t8-,10?,11?/m0/s1. The van der Waals surface area contributed by atoms with Crippen molar-refractivity contribution in [3.63, 3.8) is 0 Å². The fraction of sp³-hybridized carbons (Fsp3) is 0.308. The predicted molar refractivity (Wildman–Crippen MR) is 68.1 cm³/mol. The highest BCUT2D eigenvalue weighted by Crippen LogP contribution is 2.26. The average molecular weight is 278 g/mol. The summed E-state index contributed by atoms with van der Waals surface area (Å²) in [6.45, 7) is -0.208. The number of carbonyl (C=O) groups is 3. The Morgan fingerprint density at radius 1 is 1.25 bits per heavy atom. The molecule has 0 saturated carbocycles. The van der Waals surface area contributed by atoms with Crippen LogP contribution in [0.4, 0.5) is 0 Å².